The Balaban J connectivity index is 1.90. The van der Waals surface area contributed by atoms with Crippen molar-refractivity contribution in [3.63, 3.8) is 0 Å². The summed E-state index contributed by atoms with van der Waals surface area (Å²) in [4.78, 5) is 14.0. The first-order valence-corrected chi connectivity index (χ1v) is 11.9. The number of rotatable bonds is 2. The third-order valence-electron chi connectivity index (χ3n) is 7.80. The molecule has 144 valence electrons. The van der Waals surface area contributed by atoms with Crippen molar-refractivity contribution < 1.29 is 4.79 Å². The zero-order chi connectivity index (χ0) is 19.7. The molecule has 5 rings (SSSR count). The summed E-state index contributed by atoms with van der Waals surface area (Å²) >= 11 is 3.51. The highest BCUT2D eigenvalue weighted by Crippen LogP contribution is 2.68. The van der Waals surface area contributed by atoms with Crippen LogP contribution < -0.4 is 0 Å². The van der Waals surface area contributed by atoms with Crippen LogP contribution in [0.4, 0.5) is 0 Å². The van der Waals surface area contributed by atoms with Crippen LogP contribution in [-0.4, -0.2) is 5.78 Å². The van der Waals surface area contributed by atoms with Crippen LogP contribution in [0.2, 0.25) is 0 Å². The van der Waals surface area contributed by atoms with Gasteiger partial charge in [0.15, 0.2) is 5.78 Å². The van der Waals surface area contributed by atoms with Crippen molar-refractivity contribution in [2.45, 2.75) is 57.8 Å². The summed E-state index contributed by atoms with van der Waals surface area (Å²) in [6.45, 7) is 8.93. The number of carbonyl (C=O) groups excluding carboxylic acids is 1. The summed E-state index contributed by atoms with van der Waals surface area (Å²) in [6, 6.07) is 4.56. The molecule has 1 nitrogen and oxygen atoms in total. The number of ketones is 1. The van der Waals surface area contributed by atoms with E-state index in [2.05, 4.69) is 67.4 Å². The minimum atomic E-state index is -0.249. The third-order valence-corrected chi connectivity index (χ3v) is 9.16. The lowest BCUT2D eigenvalue weighted by Crippen LogP contribution is -2.51. The van der Waals surface area contributed by atoms with Crippen LogP contribution >= 0.6 is 22.7 Å². The molecule has 1 saturated carbocycles. The SMILES string of the molecule is CC1=C(C)CC2(c3ccsc3)C(=C1)C(=O)C1CC(C)=C(C)CC12c1ccsc1. The van der Waals surface area contributed by atoms with Crippen molar-refractivity contribution in [2.24, 2.45) is 5.92 Å². The van der Waals surface area contributed by atoms with Crippen LogP contribution in [-0.2, 0) is 15.6 Å². The van der Waals surface area contributed by atoms with Gasteiger partial charge in [-0.3, -0.25) is 4.79 Å². The van der Waals surface area contributed by atoms with Crippen molar-refractivity contribution in [3.8, 4) is 0 Å². The van der Waals surface area contributed by atoms with Crippen LogP contribution in [0.5, 0.6) is 0 Å². The quantitative estimate of drug-likeness (QED) is 0.492. The predicted molar refractivity (Wildman–Crippen MR) is 119 cm³/mol. The van der Waals surface area contributed by atoms with Crippen LogP contribution in [0.15, 0.2) is 67.6 Å². The Kier molecular flexibility index (Phi) is 4.02. The average molecular weight is 407 g/mol. The van der Waals surface area contributed by atoms with Gasteiger partial charge in [-0.15, -0.1) is 0 Å². The molecular weight excluding hydrogens is 380 g/mol. The first kappa shape index (κ1) is 18.3. The molecule has 3 heteroatoms. The van der Waals surface area contributed by atoms with Gasteiger partial charge in [0.05, 0.1) is 0 Å². The largest absolute Gasteiger partial charge is 0.294 e. The van der Waals surface area contributed by atoms with E-state index in [0.717, 1.165) is 24.8 Å². The molecule has 0 N–H and O–H groups in total. The van der Waals surface area contributed by atoms with E-state index in [9.17, 15) is 4.79 Å². The van der Waals surface area contributed by atoms with Gasteiger partial charge < -0.3 is 0 Å². The van der Waals surface area contributed by atoms with E-state index < -0.39 is 0 Å². The van der Waals surface area contributed by atoms with Crippen molar-refractivity contribution in [3.05, 3.63) is 78.7 Å². The summed E-state index contributed by atoms with van der Waals surface area (Å²) in [5, 5.41) is 8.97. The van der Waals surface area contributed by atoms with Crippen LogP contribution in [0.25, 0.3) is 0 Å². The van der Waals surface area contributed by atoms with Crippen LogP contribution in [0.1, 0.15) is 58.1 Å². The lowest BCUT2D eigenvalue weighted by Gasteiger charge is -2.52. The van der Waals surface area contributed by atoms with Gasteiger partial charge in [-0.1, -0.05) is 28.4 Å². The molecule has 3 atom stereocenters. The molecule has 0 saturated heterocycles. The highest BCUT2D eigenvalue weighted by molar-refractivity contribution is 7.08. The number of thiophene rings is 2. The van der Waals surface area contributed by atoms with E-state index >= 15 is 0 Å². The molecule has 3 aliphatic carbocycles. The molecule has 1 fully saturated rings. The Morgan fingerprint density at radius 2 is 1.57 bits per heavy atom. The zero-order valence-corrected chi connectivity index (χ0v) is 18.6. The van der Waals surface area contributed by atoms with E-state index in [1.807, 2.05) is 0 Å². The molecule has 0 bridgehead atoms. The predicted octanol–water partition coefficient (Wildman–Crippen LogP) is 6.98. The summed E-state index contributed by atoms with van der Waals surface area (Å²) < 4.78 is 0. The zero-order valence-electron chi connectivity index (χ0n) is 17.0. The number of fused-ring (bicyclic) bond motifs is 3. The average Bonchev–Trinajstić information content (AvgIpc) is 3.40. The Hall–Kier alpha value is -1.71. The molecular formula is C25H26OS2. The van der Waals surface area contributed by atoms with Gasteiger partial charge in [0, 0.05) is 22.3 Å². The van der Waals surface area contributed by atoms with E-state index in [0.29, 0.717) is 5.78 Å². The smallest absolute Gasteiger partial charge is 0.164 e. The van der Waals surface area contributed by atoms with Gasteiger partial charge in [0.1, 0.15) is 0 Å². The van der Waals surface area contributed by atoms with Crippen molar-refractivity contribution in [2.75, 3.05) is 0 Å². The molecule has 0 aromatic carbocycles. The highest BCUT2D eigenvalue weighted by Gasteiger charge is 2.69. The maximum atomic E-state index is 14.0. The second kappa shape index (κ2) is 6.14. The Morgan fingerprint density at radius 3 is 2.21 bits per heavy atom. The van der Waals surface area contributed by atoms with E-state index in [1.165, 1.54) is 33.4 Å². The molecule has 2 heterocycles. The first-order valence-electron chi connectivity index (χ1n) is 10.0. The normalized spacial score (nSPS) is 32.5. The summed E-state index contributed by atoms with van der Waals surface area (Å²) in [6.07, 6.45) is 5.05. The molecule has 0 amide bonds. The van der Waals surface area contributed by atoms with Gasteiger partial charge in [-0.05, 0) is 91.7 Å². The maximum Gasteiger partial charge on any atom is 0.164 e. The second-order valence-corrected chi connectivity index (χ2v) is 10.5. The summed E-state index contributed by atoms with van der Waals surface area (Å²) in [5.41, 5.74) is 8.91. The maximum absolute atomic E-state index is 14.0. The highest BCUT2D eigenvalue weighted by atomic mass is 32.1. The summed E-state index contributed by atoms with van der Waals surface area (Å²) in [5.74, 6) is 0.423. The fourth-order valence-corrected chi connectivity index (χ4v) is 7.63. The number of Topliss-reactive ketones (excluding diaryl/α,β-unsaturated/α-hetero) is 1. The van der Waals surface area contributed by atoms with Gasteiger partial charge in [-0.25, -0.2) is 0 Å². The molecule has 2 aromatic heterocycles. The van der Waals surface area contributed by atoms with Crippen LogP contribution in [0, 0.1) is 5.92 Å². The minimum Gasteiger partial charge on any atom is -0.294 e. The lowest BCUT2D eigenvalue weighted by molar-refractivity contribution is -0.119. The van der Waals surface area contributed by atoms with E-state index in [-0.39, 0.29) is 16.7 Å². The van der Waals surface area contributed by atoms with Crippen LogP contribution in [0.3, 0.4) is 0 Å². The monoisotopic (exact) mass is 406 g/mol. The topological polar surface area (TPSA) is 17.1 Å². The Bertz CT molecular complexity index is 1050. The van der Waals surface area contributed by atoms with E-state index in [4.69, 9.17) is 0 Å². The van der Waals surface area contributed by atoms with Crippen molar-refractivity contribution in [1.82, 2.24) is 0 Å². The molecule has 0 radical (unpaired) electrons. The molecule has 2 aromatic rings. The van der Waals surface area contributed by atoms with Gasteiger partial charge >= 0.3 is 0 Å². The molecule has 3 aliphatic rings. The van der Waals surface area contributed by atoms with Gasteiger partial charge in [-0.2, -0.15) is 22.7 Å². The van der Waals surface area contributed by atoms with E-state index in [1.54, 1.807) is 22.7 Å². The fraction of sp³-hybridized carbons (Fsp3) is 0.400. The minimum absolute atomic E-state index is 0.0376. The standard InChI is InChI=1S/C25H26OS2/c1-15-9-21-23(26)22-10-16(2)18(4)12-25(22,20-6-8-28-14-20)24(21,11-17(15)3)19-5-7-27-13-19/h5-9,13-14,22H,10-12H2,1-4H3. The second-order valence-electron chi connectivity index (χ2n) is 8.96. The molecule has 28 heavy (non-hydrogen) atoms. The lowest BCUT2D eigenvalue weighted by atomic mass is 9.49. The van der Waals surface area contributed by atoms with Crippen molar-refractivity contribution >= 4 is 28.5 Å². The molecule has 0 spiro atoms. The van der Waals surface area contributed by atoms with Crippen molar-refractivity contribution in [1.29, 1.82) is 0 Å². The number of hydrogen-bond donors (Lipinski definition) is 0. The Labute approximate surface area is 175 Å². The summed E-state index contributed by atoms with van der Waals surface area (Å²) in [7, 11) is 0. The third kappa shape index (κ3) is 2.10. The first-order chi connectivity index (χ1) is 13.4. The Morgan fingerprint density at radius 1 is 0.893 bits per heavy atom. The fourth-order valence-electron chi connectivity index (χ4n) is 6.16. The molecule has 3 unspecified atom stereocenters. The van der Waals surface area contributed by atoms with Gasteiger partial charge in [0.25, 0.3) is 0 Å². The number of allylic oxidation sites excluding steroid dienone is 6. The number of carbonyl (C=O) groups is 1. The molecule has 0 aliphatic heterocycles. The number of hydrogen-bond acceptors (Lipinski definition) is 3. The van der Waals surface area contributed by atoms with Gasteiger partial charge in [0.2, 0.25) is 0 Å².